The molecule has 0 radical (unpaired) electrons. The fraction of sp³-hybridized carbons (Fsp3) is 0.464. The molecule has 0 bridgehead atoms. The van der Waals surface area contributed by atoms with E-state index in [1.807, 2.05) is 64.4 Å². The lowest BCUT2D eigenvalue weighted by Crippen LogP contribution is -2.47. The number of carbonyl (C=O) groups is 3. The van der Waals surface area contributed by atoms with Crippen molar-refractivity contribution in [3.63, 3.8) is 0 Å². The summed E-state index contributed by atoms with van der Waals surface area (Å²) in [6.45, 7) is 2.78. The van der Waals surface area contributed by atoms with E-state index in [9.17, 15) is 14.4 Å². The van der Waals surface area contributed by atoms with Crippen LogP contribution in [0.5, 0.6) is 0 Å². The van der Waals surface area contributed by atoms with Crippen LogP contribution in [0.4, 0.5) is 10.5 Å². The van der Waals surface area contributed by atoms with Crippen LogP contribution in [0, 0.1) is 17.3 Å². The molecule has 3 amide bonds. The fourth-order valence-corrected chi connectivity index (χ4v) is 5.98. The molecule has 1 aliphatic carbocycles. The summed E-state index contributed by atoms with van der Waals surface area (Å²) in [4.78, 5) is 42.4. The lowest BCUT2D eigenvalue weighted by molar-refractivity contribution is -0.153. The molecule has 2 fully saturated rings. The summed E-state index contributed by atoms with van der Waals surface area (Å²) >= 11 is 0. The van der Waals surface area contributed by atoms with Gasteiger partial charge in [0.1, 0.15) is 0 Å². The number of ether oxygens (including phenoxy) is 1. The van der Waals surface area contributed by atoms with E-state index in [1.54, 1.807) is 0 Å². The Kier molecular flexibility index (Phi) is 6.50. The number of hydrogen-bond donors (Lipinski definition) is 1. The Balaban J connectivity index is 1.19. The molecule has 2 heterocycles. The molecule has 2 aliphatic heterocycles. The molecule has 2 aromatic carbocycles. The molecule has 7 nitrogen and oxygen atoms in total. The lowest BCUT2D eigenvalue weighted by atomic mass is 9.77. The van der Waals surface area contributed by atoms with E-state index in [0.29, 0.717) is 32.5 Å². The minimum atomic E-state index is -0.395. The Morgan fingerprint density at radius 3 is 2.29 bits per heavy atom. The van der Waals surface area contributed by atoms with Crippen molar-refractivity contribution in [3.8, 4) is 0 Å². The smallest absolute Gasteiger partial charge is 0.321 e. The van der Waals surface area contributed by atoms with Gasteiger partial charge in [0.05, 0.1) is 24.6 Å². The van der Waals surface area contributed by atoms with Gasteiger partial charge in [-0.15, -0.1) is 0 Å². The molecule has 7 heteroatoms. The number of likely N-dealkylation sites (tertiary alicyclic amines) is 2. The monoisotopic (exact) mass is 475 g/mol. The number of rotatable bonds is 3. The van der Waals surface area contributed by atoms with Crippen molar-refractivity contribution in [1.29, 1.82) is 0 Å². The molecule has 3 aliphatic rings. The van der Waals surface area contributed by atoms with E-state index >= 15 is 0 Å². The molecule has 5 rings (SSSR count). The maximum absolute atomic E-state index is 13.3. The van der Waals surface area contributed by atoms with Crippen molar-refractivity contribution in [3.05, 3.63) is 54.6 Å². The van der Waals surface area contributed by atoms with Crippen LogP contribution >= 0.6 is 0 Å². The number of piperidine rings is 1. The molecule has 184 valence electrons. The average molecular weight is 476 g/mol. The highest BCUT2D eigenvalue weighted by Crippen LogP contribution is 2.42. The van der Waals surface area contributed by atoms with E-state index in [0.717, 1.165) is 42.3 Å². The maximum atomic E-state index is 13.3. The fourth-order valence-electron chi connectivity index (χ4n) is 5.98. The number of fused-ring (bicyclic) bond motifs is 1. The van der Waals surface area contributed by atoms with Crippen molar-refractivity contribution < 1.29 is 19.1 Å². The number of hydrogen-bond acceptors (Lipinski definition) is 4. The first-order chi connectivity index (χ1) is 17.0. The van der Waals surface area contributed by atoms with Gasteiger partial charge in [-0.3, -0.25) is 9.59 Å². The Hall–Kier alpha value is -3.35. The van der Waals surface area contributed by atoms with Crippen LogP contribution in [-0.4, -0.2) is 61.0 Å². The summed E-state index contributed by atoms with van der Waals surface area (Å²) in [7, 11) is 1.39. The summed E-state index contributed by atoms with van der Waals surface area (Å²) < 4.78 is 4.96. The van der Waals surface area contributed by atoms with Crippen molar-refractivity contribution in [2.75, 3.05) is 38.6 Å². The highest BCUT2D eigenvalue weighted by Gasteiger charge is 2.45. The molecule has 2 aromatic rings. The minimum absolute atomic E-state index is 0.0527. The largest absolute Gasteiger partial charge is 0.469 e. The second kappa shape index (κ2) is 9.72. The van der Waals surface area contributed by atoms with Gasteiger partial charge in [-0.2, -0.15) is 0 Å². The first kappa shape index (κ1) is 23.4. The minimum Gasteiger partial charge on any atom is -0.469 e. The van der Waals surface area contributed by atoms with Crippen molar-refractivity contribution in [2.24, 2.45) is 17.3 Å². The van der Waals surface area contributed by atoms with E-state index in [2.05, 4.69) is 5.32 Å². The predicted octanol–water partition coefficient (Wildman–Crippen LogP) is 4.44. The van der Waals surface area contributed by atoms with Crippen LogP contribution in [0.2, 0.25) is 0 Å². The molecular formula is C28H33N3O4. The summed E-state index contributed by atoms with van der Waals surface area (Å²) in [6.07, 6.45) is 7.82. The second-order valence-electron chi connectivity index (χ2n) is 10.1. The zero-order chi connectivity index (χ0) is 24.4. The van der Waals surface area contributed by atoms with Crippen LogP contribution in [0.15, 0.2) is 54.6 Å². The second-order valence-corrected chi connectivity index (χ2v) is 10.1. The van der Waals surface area contributed by atoms with Crippen LogP contribution in [0.1, 0.15) is 32.1 Å². The van der Waals surface area contributed by atoms with Crippen molar-refractivity contribution >= 4 is 34.4 Å². The van der Waals surface area contributed by atoms with Crippen LogP contribution < -0.4 is 5.32 Å². The van der Waals surface area contributed by atoms with Gasteiger partial charge in [-0.05, 0) is 49.0 Å². The first-order valence-corrected chi connectivity index (χ1v) is 12.5. The predicted molar refractivity (Wildman–Crippen MR) is 135 cm³/mol. The van der Waals surface area contributed by atoms with Gasteiger partial charge in [0.2, 0.25) is 5.91 Å². The van der Waals surface area contributed by atoms with Gasteiger partial charge in [-0.25, -0.2) is 4.79 Å². The Labute approximate surface area is 206 Å². The maximum Gasteiger partial charge on any atom is 0.321 e. The summed E-state index contributed by atoms with van der Waals surface area (Å²) in [5, 5.41) is 5.23. The van der Waals surface area contributed by atoms with Gasteiger partial charge in [0, 0.05) is 31.6 Å². The quantitative estimate of drug-likeness (QED) is 0.526. The zero-order valence-electron chi connectivity index (χ0n) is 20.2. The summed E-state index contributed by atoms with van der Waals surface area (Å²) in [5.41, 5.74) is 0.879. The number of anilines is 1. The van der Waals surface area contributed by atoms with Crippen molar-refractivity contribution in [1.82, 2.24) is 9.80 Å². The molecule has 0 aromatic heterocycles. The number of methoxy groups -OCH3 is 1. The molecule has 0 unspecified atom stereocenters. The highest BCUT2D eigenvalue weighted by atomic mass is 16.5. The number of nitrogens with zero attached hydrogens (tertiary/aromatic N) is 2. The molecule has 1 spiro atoms. The van der Waals surface area contributed by atoms with Gasteiger partial charge in [0.25, 0.3) is 0 Å². The van der Waals surface area contributed by atoms with Gasteiger partial charge < -0.3 is 19.9 Å². The number of amides is 3. The third-order valence-electron chi connectivity index (χ3n) is 8.15. The number of allylic oxidation sites excluding steroid dienone is 2. The van der Waals surface area contributed by atoms with E-state index in [4.69, 9.17) is 4.74 Å². The van der Waals surface area contributed by atoms with Gasteiger partial charge >= 0.3 is 12.0 Å². The number of carbonyl (C=O) groups excluding carboxylic acids is 3. The SMILES string of the molecule is COC(=O)[C@H]1CC=CC[C@H]1C(=O)N1CCC2(CCN(C(=O)Nc3cccc4ccccc34)CC2)C1. The van der Waals surface area contributed by atoms with Crippen LogP contribution in [0.3, 0.4) is 0 Å². The number of nitrogens with one attached hydrogen (secondary N) is 1. The lowest BCUT2D eigenvalue weighted by Gasteiger charge is -2.39. The van der Waals surface area contributed by atoms with Crippen molar-refractivity contribution in [2.45, 2.75) is 32.1 Å². The Morgan fingerprint density at radius 2 is 1.54 bits per heavy atom. The number of esters is 1. The Morgan fingerprint density at radius 1 is 0.886 bits per heavy atom. The topological polar surface area (TPSA) is 79.0 Å². The van der Waals surface area contributed by atoms with Crippen LogP contribution in [0.25, 0.3) is 10.8 Å². The normalized spacial score (nSPS) is 23.5. The van der Waals surface area contributed by atoms with E-state index in [-0.39, 0.29) is 29.2 Å². The standard InChI is InChI=1S/C28H33N3O4/c1-35-26(33)23-11-5-4-10-22(23)25(32)31-18-15-28(19-31)13-16-30(17-14-28)27(34)29-24-12-6-8-20-7-2-3-9-21(20)24/h2-9,12,22-23H,10-11,13-19H2,1H3,(H,29,34)/t22-,23+/m1/s1. The van der Waals surface area contributed by atoms with Gasteiger partial charge in [0.15, 0.2) is 0 Å². The first-order valence-electron chi connectivity index (χ1n) is 12.5. The zero-order valence-corrected chi connectivity index (χ0v) is 20.2. The number of benzene rings is 2. The molecule has 35 heavy (non-hydrogen) atoms. The van der Waals surface area contributed by atoms with E-state index < -0.39 is 5.92 Å². The van der Waals surface area contributed by atoms with Crippen LogP contribution in [-0.2, 0) is 14.3 Å². The summed E-state index contributed by atoms with van der Waals surface area (Å²) in [6, 6.07) is 13.9. The third kappa shape index (κ3) is 4.64. The molecule has 2 atom stereocenters. The Bertz CT molecular complexity index is 1150. The molecule has 1 N–H and O–H groups in total. The van der Waals surface area contributed by atoms with Gasteiger partial charge in [-0.1, -0.05) is 48.6 Å². The molecular weight excluding hydrogens is 442 g/mol. The highest BCUT2D eigenvalue weighted by molar-refractivity contribution is 6.01. The summed E-state index contributed by atoms with van der Waals surface area (Å²) in [5.74, 6) is -0.965. The van der Waals surface area contributed by atoms with E-state index in [1.165, 1.54) is 7.11 Å². The third-order valence-corrected chi connectivity index (χ3v) is 8.15. The molecule has 0 saturated carbocycles. The molecule has 2 saturated heterocycles. The average Bonchev–Trinajstić information content (AvgIpc) is 3.31. The number of urea groups is 1.